The van der Waals surface area contributed by atoms with E-state index in [2.05, 4.69) is 32.0 Å². The van der Waals surface area contributed by atoms with Gasteiger partial charge in [0.05, 0.1) is 5.60 Å². The lowest BCUT2D eigenvalue weighted by atomic mass is 9.99. The maximum atomic E-state index is 9.99. The summed E-state index contributed by atoms with van der Waals surface area (Å²) >= 11 is 0. The Hall–Kier alpha value is -0.820. The molecule has 1 nitrogen and oxygen atoms in total. The number of benzene rings is 1. The minimum absolute atomic E-state index is 0.515. The van der Waals surface area contributed by atoms with Crippen LogP contribution in [0.1, 0.15) is 37.5 Å². The Bertz CT molecular complexity index is 364. The molecule has 1 N–H and O–H groups in total. The highest BCUT2D eigenvalue weighted by atomic mass is 16.3. The summed E-state index contributed by atoms with van der Waals surface area (Å²) in [7, 11) is 0. The first-order valence-corrected chi connectivity index (χ1v) is 5.79. The van der Waals surface area contributed by atoms with Crippen LogP contribution < -0.4 is 0 Å². The predicted molar refractivity (Wildman–Crippen MR) is 63.0 cm³/mol. The van der Waals surface area contributed by atoms with Crippen LogP contribution in [-0.4, -0.2) is 10.7 Å². The maximum Gasteiger partial charge on any atom is 0.0700 e. The average Bonchev–Trinajstić information content (AvgIpc) is 2.36. The SMILES string of the molecule is CC(C)Cc1ccc2c(c1)CC(C)(O)C2. The Labute approximate surface area is 92.1 Å². The molecule has 0 bridgehead atoms. The van der Waals surface area contributed by atoms with Crippen molar-refractivity contribution in [3.8, 4) is 0 Å². The van der Waals surface area contributed by atoms with Gasteiger partial charge in [-0.05, 0) is 36.0 Å². The van der Waals surface area contributed by atoms with Crippen molar-refractivity contribution in [1.29, 1.82) is 0 Å². The lowest BCUT2D eigenvalue weighted by Gasteiger charge is -2.13. The first kappa shape index (κ1) is 10.7. The van der Waals surface area contributed by atoms with Crippen LogP contribution in [0.4, 0.5) is 0 Å². The number of hydrogen-bond acceptors (Lipinski definition) is 1. The van der Waals surface area contributed by atoms with E-state index in [1.165, 1.54) is 16.7 Å². The van der Waals surface area contributed by atoms with E-state index in [0.29, 0.717) is 5.92 Å². The Balaban J connectivity index is 2.23. The summed E-state index contributed by atoms with van der Waals surface area (Å²) in [4.78, 5) is 0. The molecule has 0 spiro atoms. The lowest BCUT2D eigenvalue weighted by Crippen LogP contribution is -2.23. The lowest BCUT2D eigenvalue weighted by molar-refractivity contribution is 0.0719. The third kappa shape index (κ3) is 2.40. The Morgan fingerprint density at radius 1 is 1.27 bits per heavy atom. The fourth-order valence-corrected chi connectivity index (χ4v) is 2.50. The second-order valence-electron chi connectivity index (χ2n) is 5.55. The Morgan fingerprint density at radius 3 is 2.60 bits per heavy atom. The molecule has 0 amide bonds. The number of aliphatic hydroxyl groups is 1. The average molecular weight is 204 g/mol. The van der Waals surface area contributed by atoms with E-state index in [-0.39, 0.29) is 0 Å². The second-order valence-corrected chi connectivity index (χ2v) is 5.55. The van der Waals surface area contributed by atoms with Crippen LogP contribution in [0.25, 0.3) is 0 Å². The van der Waals surface area contributed by atoms with Crippen molar-refractivity contribution >= 4 is 0 Å². The first-order valence-electron chi connectivity index (χ1n) is 5.79. The van der Waals surface area contributed by atoms with E-state index < -0.39 is 5.60 Å². The molecule has 1 aliphatic rings. The van der Waals surface area contributed by atoms with E-state index in [9.17, 15) is 5.11 Å². The van der Waals surface area contributed by atoms with Gasteiger partial charge in [0, 0.05) is 12.8 Å². The highest BCUT2D eigenvalue weighted by Gasteiger charge is 2.30. The summed E-state index contributed by atoms with van der Waals surface area (Å²) < 4.78 is 0. The Morgan fingerprint density at radius 2 is 1.93 bits per heavy atom. The minimum atomic E-state index is -0.515. The molecule has 1 unspecified atom stereocenters. The molecule has 1 aromatic rings. The highest BCUT2D eigenvalue weighted by Crippen LogP contribution is 2.30. The van der Waals surface area contributed by atoms with Crippen LogP contribution in [0.3, 0.4) is 0 Å². The van der Waals surface area contributed by atoms with E-state index >= 15 is 0 Å². The summed E-state index contributed by atoms with van der Waals surface area (Å²) in [5.41, 5.74) is 3.56. The van der Waals surface area contributed by atoms with Crippen molar-refractivity contribution in [2.45, 2.75) is 45.6 Å². The number of fused-ring (bicyclic) bond motifs is 1. The van der Waals surface area contributed by atoms with Gasteiger partial charge in [-0.25, -0.2) is 0 Å². The molecule has 2 rings (SSSR count). The predicted octanol–water partition coefficient (Wildman–Crippen LogP) is 2.73. The van der Waals surface area contributed by atoms with Crippen LogP contribution >= 0.6 is 0 Å². The molecule has 15 heavy (non-hydrogen) atoms. The van der Waals surface area contributed by atoms with E-state index in [0.717, 1.165) is 19.3 Å². The van der Waals surface area contributed by atoms with E-state index in [1.807, 2.05) is 6.92 Å². The molecule has 0 radical (unpaired) electrons. The van der Waals surface area contributed by atoms with Crippen molar-refractivity contribution < 1.29 is 5.11 Å². The van der Waals surface area contributed by atoms with Gasteiger partial charge in [-0.15, -0.1) is 0 Å². The summed E-state index contributed by atoms with van der Waals surface area (Å²) in [6.45, 7) is 6.40. The van der Waals surface area contributed by atoms with Crippen LogP contribution in [0.5, 0.6) is 0 Å². The molecule has 1 aliphatic carbocycles. The minimum Gasteiger partial charge on any atom is -0.389 e. The molecule has 0 saturated heterocycles. The molecule has 0 aliphatic heterocycles. The quantitative estimate of drug-likeness (QED) is 0.785. The summed E-state index contributed by atoms with van der Waals surface area (Å²) in [5.74, 6) is 0.699. The van der Waals surface area contributed by atoms with Crippen LogP contribution in [-0.2, 0) is 19.3 Å². The normalized spacial score (nSPS) is 24.6. The molecule has 0 fully saturated rings. The second kappa shape index (κ2) is 3.64. The number of hydrogen-bond donors (Lipinski definition) is 1. The molecule has 1 aromatic carbocycles. The fourth-order valence-electron chi connectivity index (χ4n) is 2.50. The van der Waals surface area contributed by atoms with Crippen LogP contribution in [0.15, 0.2) is 18.2 Å². The van der Waals surface area contributed by atoms with Gasteiger partial charge in [-0.1, -0.05) is 32.0 Å². The zero-order chi connectivity index (χ0) is 11.1. The van der Waals surface area contributed by atoms with Gasteiger partial charge in [0.15, 0.2) is 0 Å². The van der Waals surface area contributed by atoms with Crippen molar-refractivity contribution in [3.63, 3.8) is 0 Å². The molecule has 1 heteroatoms. The van der Waals surface area contributed by atoms with Crippen molar-refractivity contribution in [2.75, 3.05) is 0 Å². The van der Waals surface area contributed by atoms with Gasteiger partial charge < -0.3 is 5.11 Å². The van der Waals surface area contributed by atoms with Gasteiger partial charge in [-0.3, -0.25) is 0 Å². The van der Waals surface area contributed by atoms with E-state index in [1.54, 1.807) is 0 Å². The molecular formula is C14H20O. The van der Waals surface area contributed by atoms with E-state index in [4.69, 9.17) is 0 Å². The topological polar surface area (TPSA) is 20.2 Å². The third-order valence-electron chi connectivity index (χ3n) is 3.06. The fraction of sp³-hybridized carbons (Fsp3) is 0.571. The molecule has 0 heterocycles. The summed E-state index contributed by atoms with van der Waals surface area (Å²) in [6.07, 6.45) is 2.76. The summed E-state index contributed by atoms with van der Waals surface area (Å²) in [5, 5.41) is 9.99. The standard InChI is InChI=1S/C14H20O/c1-10(2)6-11-4-5-12-8-14(3,15)9-13(12)7-11/h4-5,7,10,15H,6,8-9H2,1-3H3. The zero-order valence-corrected chi connectivity index (χ0v) is 9.88. The maximum absolute atomic E-state index is 9.99. The zero-order valence-electron chi connectivity index (χ0n) is 9.88. The summed E-state index contributed by atoms with van der Waals surface area (Å²) in [6, 6.07) is 6.67. The van der Waals surface area contributed by atoms with Gasteiger partial charge in [0.25, 0.3) is 0 Å². The van der Waals surface area contributed by atoms with Crippen molar-refractivity contribution in [2.24, 2.45) is 5.92 Å². The first-order chi connectivity index (χ1) is 6.96. The van der Waals surface area contributed by atoms with Crippen molar-refractivity contribution in [1.82, 2.24) is 0 Å². The van der Waals surface area contributed by atoms with Gasteiger partial charge in [-0.2, -0.15) is 0 Å². The van der Waals surface area contributed by atoms with Crippen molar-refractivity contribution in [3.05, 3.63) is 34.9 Å². The molecule has 0 aromatic heterocycles. The highest BCUT2D eigenvalue weighted by molar-refractivity contribution is 5.38. The van der Waals surface area contributed by atoms with Gasteiger partial charge in [0.2, 0.25) is 0 Å². The molecule has 0 saturated carbocycles. The Kier molecular flexibility index (Phi) is 2.59. The van der Waals surface area contributed by atoms with Gasteiger partial charge >= 0.3 is 0 Å². The molecule has 1 atom stereocenters. The monoisotopic (exact) mass is 204 g/mol. The van der Waals surface area contributed by atoms with Gasteiger partial charge in [0.1, 0.15) is 0 Å². The van der Waals surface area contributed by atoms with Crippen LogP contribution in [0.2, 0.25) is 0 Å². The number of rotatable bonds is 2. The third-order valence-corrected chi connectivity index (χ3v) is 3.06. The molecule has 82 valence electrons. The largest absolute Gasteiger partial charge is 0.389 e. The van der Waals surface area contributed by atoms with Crippen LogP contribution in [0, 0.1) is 5.92 Å². The molecular weight excluding hydrogens is 184 g/mol. The smallest absolute Gasteiger partial charge is 0.0700 e.